The van der Waals surface area contributed by atoms with Crippen LogP contribution in [0.2, 0.25) is 0 Å². The van der Waals surface area contributed by atoms with E-state index in [4.69, 9.17) is 9.47 Å². The molecule has 2 amide bonds. The van der Waals surface area contributed by atoms with Crippen molar-refractivity contribution in [3.05, 3.63) is 63.8 Å². The van der Waals surface area contributed by atoms with Gasteiger partial charge in [-0.2, -0.15) is 0 Å². The van der Waals surface area contributed by atoms with Gasteiger partial charge in [0.15, 0.2) is 0 Å². The van der Waals surface area contributed by atoms with E-state index in [1.165, 1.54) is 38.5 Å². The molecule has 0 aromatic heterocycles. The van der Waals surface area contributed by atoms with E-state index in [0.29, 0.717) is 22.7 Å². The SMILES string of the molecule is COc1ccc(NC(=O)/C(=C/c2cccc([N+](=O)[O-])c2)NC(=O)C2CCCCC2)c(OC)c1. The number of ether oxygens (including phenoxy) is 2. The number of hydrogen-bond donors (Lipinski definition) is 2. The van der Waals surface area contributed by atoms with Gasteiger partial charge in [0.25, 0.3) is 11.6 Å². The fraction of sp³-hybridized carbons (Fsp3) is 0.333. The number of nitro benzene ring substituents is 1. The van der Waals surface area contributed by atoms with Gasteiger partial charge in [-0.15, -0.1) is 0 Å². The second-order valence-corrected chi connectivity index (χ2v) is 7.75. The number of nitro groups is 1. The van der Waals surface area contributed by atoms with E-state index in [2.05, 4.69) is 10.6 Å². The van der Waals surface area contributed by atoms with Gasteiger partial charge in [-0.25, -0.2) is 0 Å². The van der Waals surface area contributed by atoms with Gasteiger partial charge in [0, 0.05) is 24.1 Å². The highest BCUT2D eigenvalue weighted by Gasteiger charge is 2.24. The number of nitrogens with zero attached hydrogens (tertiary/aromatic N) is 1. The predicted octanol–water partition coefficient (Wildman–Crippen LogP) is 4.29. The molecule has 0 aliphatic heterocycles. The van der Waals surface area contributed by atoms with E-state index in [0.717, 1.165) is 32.1 Å². The molecule has 2 N–H and O–H groups in total. The summed E-state index contributed by atoms with van der Waals surface area (Å²) >= 11 is 0. The number of amides is 2. The Hall–Kier alpha value is -3.88. The Morgan fingerprint density at radius 3 is 2.48 bits per heavy atom. The summed E-state index contributed by atoms with van der Waals surface area (Å²) in [5, 5.41) is 16.6. The van der Waals surface area contributed by atoms with Crippen LogP contribution in [0.1, 0.15) is 37.7 Å². The highest BCUT2D eigenvalue weighted by atomic mass is 16.6. The molecular weight excluding hydrogens is 426 g/mol. The van der Waals surface area contributed by atoms with Gasteiger partial charge in [-0.3, -0.25) is 19.7 Å². The van der Waals surface area contributed by atoms with E-state index in [-0.39, 0.29) is 23.2 Å². The number of methoxy groups -OCH3 is 2. The van der Waals surface area contributed by atoms with Crippen molar-refractivity contribution in [3.8, 4) is 11.5 Å². The van der Waals surface area contributed by atoms with Gasteiger partial charge in [-0.1, -0.05) is 31.4 Å². The Balaban J connectivity index is 1.90. The van der Waals surface area contributed by atoms with Crippen molar-refractivity contribution >= 4 is 29.3 Å². The predicted molar refractivity (Wildman–Crippen MR) is 124 cm³/mol. The first-order valence-corrected chi connectivity index (χ1v) is 10.7. The Morgan fingerprint density at radius 1 is 1.06 bits per heavy atom. The van der Waals surface area contributed by atoms with E-state index >= 15 is 0 Å². The normalized spacial score (nSPS) is 14.3. The zero-order valence-corrected chi connectivity index (χ0v) is 18.6. The molecule has 9 heteroatoms. The summed E-state index contributed by atoms with van der Waals surface area (Å²) in [6, 6.07) is 10.8. The Labute approximate surface area is 191 Å². The summed E-state index contributed by atoms with van der Waals surface area (Å²) in [6.45, 7) is 0. The molecule has 9 nitrogen and oxygen atoms in total. The van der Waals surface area contributed by atoms with Crippen LogP contribution in [0.25, 0.3) is 6.08 Å². The summed E-state index contributed by atoms with van der Waals surface area (Å²) in [6.07, 6.45) is 6.00. The highest BCUT2D eigenvalue weighted by molar-refractivity contribution is 6.09. The number of nitrogens with one attached hydrogen (secondary N) is 2. The third-order valence-corrected chi connectivity index (χ3v) is 5.53. The minimum absolute atomic E-state index is 0.0102. The summed E-state index contributed by atoms with van der Waals surface area (Å²) in [7, 11) is 2.99. The lowest BCUT2D eigenvalue weighted by molar-refractivity contribution is -0.384. The van der Waals surface area contributed by atoms with Crippen molar-refractivity contribution in [2.75, 3.05) is 19.5 Å². The minimum atomic E-state index is -0.575. The molecular formula is C24H27N3O6. The van der Waals surface area contributed by atoms with Crippen LogP contribution < -0.4 is 20.1 Å². The van der Waals surface area contributed by atoms with Crippen LogP contribution in [0, 0.1) is 16.0 Å². The lowest BCUT2D eigenvalue weighted by atomic mass is 9.88. The number of benzene rings is 2. The molecule has 1 fully saturated rings. The first kappa shape index (κ1) is 23.8. The number of rotatable bonds is 8. The number of hydrogen-bond acceptors (Lipinski definition) is 6. The van der Waals surface area contributed by atoms with Gasteiger partial charge in [-0.05, 0) is 36.6 Å². The average molecular weight is 453 g/mol. The van der Waals surface area contributed by atoms with Crippen molar-refractivity contribution < 1.29 is 24.0 Å². The van der Waals surface area contributed by atoms with Gasteiger partial charge in [0.05, 0.1) is 24.8 Å². The Bertz CT molecular complexity index is 1060. The van der Waals surface area contributed by atoms with Crippen LogP contribution >= 0.6 is 0 Å². The lowest BCUT2D eigenvalue weighted by Crippen LogP contribution is -2.35. The maximum Gasteiger partial charge on any atom is 0.272 e. The first-order chi connectivity index (χ1) is 15.9. The van der Waals surface area contributed by atoms with Crippen molar-refractivity contribution in [1.82, 2.24) is 5.32 Å². The van der Waals surface area contributed by atoms with Crippen molar-refractivity contribution in [1.29, 1.82) is 0 Å². The summed E-state index contributed by atoms with van der Waals surface area (Å²) in [5.41, 5.74) is 0.683. The second kappa shape index (κ2) is 11.1. The second-order valence-electron chi connectivity index (χ2n) is 7.75. The Morgan fingerprint density at radius 2 is 1.82 bits per heavy atom. The molecule has 1 saturated carbocycles. The molecule has 3 rings (SSSR count). The molecule has 0 unspecified atom stereocenters. The maximum absolute atomic E-state index is 13.2. The molecule has 0 spiro atoms. The van der Waals surface area contributed by atoms with Crippen LogP contribution in [0.5, 0.6) is 11.5 Å². The van der Waals surface area contributed by atoms with Gasteiger partial charge in [0.2, 0.25) is 5.91 Å². The fourth-order valence-corrected chi connectivity index (χ4v) is 3.74. The third-order valence-electron chi connectivity index (χ3n) is 5.53. The van der Waals surface area contributed by atoms with Crippen LogP contribution in [0.4, 0.5) is 11.4 Å². The number of carbonyl (C=O) groups excluding carboxylic acids is 2. The van der Waals surface area contributed by atoms with Crippen molar-refractivity contribution in [2.45, 2.75) is 32.1 Å². The summed E-state index contributed by atoms with van der Waals surface area (Å²) < 4.78 is 10.5. The Kier molecular flexibility index (Phi) is 8.01. The van der Waals surface area contributed by atoms with E-state index in [1.807, 2.05) is 0 Å². The van der Waals surface area contributed by atoms with Crippen molar-refractivity contribution in [3.63, 3.8) is 0 Å². The van der Waals surface area contributed by atoms with E-state index in [1.54, 1.807) is 24.3 Å². The largest absolute Gasteiger partial charge is 0.497 e. The fourth-order valence-electron chi connectivity index (χ4n) is 3.74. The number of carbonyl (C=O) groups is 2. The third kappa shape index (κ3) is 6.31. The number of non-ortho nitro benzene ring substituents is 1. The molecule has 174 valence electrons. The van der Waals surface area contributed by atoms with Crippen LogP contribution in [0.15, 0.2) is 48.2 Å². The van der Waals surface area contributed by atoms with Crippen LogP contribution in [-0.2, 0) is 9.59 Å². The highest BCUT2D eigenvalue weighted by Crippen LogP contribution is 2.30. The van der Waals surface area contributed by atoms with Crippen LogP contribution in [-0.4, -0.2) is 31.0 Å². The monoisotopic (exact) mass is 453 g/mol. The minimum Gasteiger partial charge on any atom is -0.497 e. The maximum atomic E-state index is 13.2. The average Bonchev–Trinajstić information content (AvgIpc) is 2.84. The molecule has 1 aliphatic carbocycles. The zero-order valence-electron chi connectivity index (χ0n) is 18.6. The van der Waals surface area contributed by atoms with Gasteiger partial charge >= 0.3 is 0 Å². The molecule has 1 aliphatic rings. The molecule has 33 heavy (non-hydrogen) atoms. The molecule has 0 atom stereocenters. The lowest BCUT2D eigenvalue weighted by Gasteiger charge is -2.21. The smallest absolute Gasteiger partial charge is 0.272 e. The summed E-state index contributed by atoms with van der Waals surface area (Å²) in [4.78, 5) is 36.6. The van der Waals surface area contributed by atoms with E-state index < -0.39 is 10.8 Å². The van der Waals surface area contributed by atoms with Gasteiger partial charge < -0.3 is 20.1 Å². The molecule has 0 radical (unpaired) electrons. The zero-order chi connectivity index (χ0) is 23.8. The molecule has 2 aromatic rings. The molecule has 0 bridgehead atoms. The van der Waals surface area contributed by atoms with Gasteiger partial charge in [0.1, 0.15) is 17.2 Å². The molecule has 2 aromatic carbocycles. The summed E-state index contributed by atoms with van der Waals surface area (Å²) in [5.74, 6) is -0.0354. The topological polar surface area (TPSA) is 120 Å². The number of anilines is 1. The van der Waals surface area contributed by atoms with E-state index in [9.17, 15) is 19.7 Å². The van der Waals surface area contributed by atoms with Crippen molar-refractivity contribution in [2.24, 2.45) is 5.92 Å². The molecule has 0 heterocycles. The standard InChI is InChI=1S/C24H27N3O6/c1-32-19-11-12-20(22(15-19)33-2)25-24(29)21(26-23(28)17-8-4-3-5-9-17)14-16-7-6-10-18(13-16)27(30)31/h6-7,10-15,17H,3-5,8-9H2,1-2H3,(H,25,29)(H,26,28)/b21-14-. The first-order valence-electron chi connectivity index (χ1n) is 10.7. The molecule has 0 saturated heterocycles. The van der Waals surface area contributed by atoms with Crippen LogP contribution in [0.3, 0.4) is 0 Å². The quantitative estimate of drug-likeness (QED) is 0.350.